The van der Waals surface area contributed by atoms with E-state index in [9.17, 15) is 0 Å². The monoisotopic (exact) mass is 448 g/mol. The molecule has 0 aromatic heterocycles. The van der Waals surface area contributed by atoms with Crippen molar-refractivity contribution < 1.29 is 24.0 Å². The quantitative estimate of drug-likeness (QED) is 0.390. The smallest absolute Gasteiger partial charge is 1.00 e. The number of halogens is 1. The molecule has 13 heavy (non-hydrogen) atoms. The molecule has 1 rings (SSSR count). The molecule has 1 heterocycles. The molecule has 0 amide bonds. The standard InChI is InChI=1S/C9H19S2Te.HI/c1-12-8-2-4-10-6-7-11-5-3-9-12;/h2-9H2,1H3;1H/q+1;/p-1. The van der Waals surface area contributed by atoms with Crippen molar-refractivity contribution in [2.75, 3.05) is 23.0 Å². The second kappa shape index (κ2) is 10.7. The van der Waals surface area contributed by atoms with Crippen molar-refractivity contribution in [1.29, 1.82) is 0 Å². The normalized spacial score (nSPS) is 22.8. The summed E-state index contributed by atoms with van der Waals surface area (Å²) in [4.78, 5) is 2.58. The molecule has 0 aliphatic carbocycles. The molecule has 1 saturated heterocycles. The van der Waals surface area contributed by atoms with Gasteiger partial charge in [0.2, 0.25) is 0 Å². The molecule has 0 aromatic rings. The molecule has 0 radical (unpaired) electrons. The second-order valence-corrected chi connectivity index (χ2v) is 12.4. The van der Waals surface area contributed by atoms with Crippen LogP contribution in [-0.2, 0) is 0 Å². The minimum absolute atomic E-state index is 0. The van der Waals surface area contributed by atoms with Crippen LogP contribution in [0.2, 0.25) is 13.9 Å². The van der Waals surface area contributed by atoms with Crippen LogP contribution in [0.5, 0.6) is 0 Å². The Morgan fingerprint density at radius 3 is 1.77 bits per heavy atom. The summed E-state index contributed by atoms with van der Waals surface area (Å²) in [6.45, 7) is 0. The molecule has 80 valence electrons. The predicted octanol–water partition coefficient (Wildman–Crippen LogP) is 0.375. The zero-order chi connectivity index (χ0) is 8.65. The fourth-order valence-electron chi connectivity index (χ4n) is 1.24. The Kier molecular flexibility index (Phi) is 12.6. The maximum atomic E-state index is 2.58. The third kappa shape index (κ3) is 9.17. The average molecular weight is 446 g/mol. The van der Waals surface area contributed by atoms with Gasteiger partial charge in [-0.25, -0.2) is 0 Å². The zero-order valence-corrected chi connectivity index (χ0v) is 14.4. The van der Waals surface area contributed by atoms with Crippen LogP contribution >= 0.6 is 23.5 Å². The molecule has 0 aromatic carbocycles. The fraction of sp³-hybridized carbons (Fsp3) is 1.00. The fourth-order valence-corrected chi connectivity index (χ4v) is 8.65. The second-order valence-electron chi connectivity index (χ2n) is 3.12. The summed E-state index contributed by atoms with van der Waals surface area (Å²) in [7, 11) is 0. The predicted molar refractivity (Wildman–Crippen MR) is 65.1 cm³/mol. The van der Waals surface area contributed by atoms with Gasteiger partial charge in [-0.05, 0) is 0 Å². The minimum atomic E-state index is -0.542. The molecule has 0 unspecified atom stereocenters. The van der Waals surface area contributed by atoms with Gasteiger partial charge < -0.3 is 24.0 Å². The van der Waals surface area contributed by atoms with Crippen LogP contribution in [0.4, 0.5) is 0 Å². The molecular weight excluding hydrogens is 427 g/mol. The Balaban J connectivity index is 0.00000144. The molecule has 0 bridgehead atoms. The molecule has 0 N–H and O–H groups in total. The topological polar surface area (TPSA) is 0 Å². The van der Waals surface area contributed by atoms with Crippen molar-refractivity contribution in [1.82, 2.24) is 0 Å². The van der Waals surface area contributed by atoms with E-state index >= 15 is 0 Å². The van der Waals surface area contributed by atoms with E-state index in [1.165, 1.54) is 35.9 Å². The van der Waals surface area contributed by atoms with Crippen LogP contribution in [0.1, 0.15) is 12.8 Å². The van der Waals surface area contributed by atoms with Crippen molar-refractivity contribution in [2.45, 2.75) is 26.8 Å². The molecule has 1 fully saturated rings. The van der Waals surface area contributed by atoms with Gasteiger partial charge in [-0.2, -0.15) is 0 Å². The maximum absolute atomic E-state index is 2.58. The van der Waals surface area contributed by atoms with Crippen LogP contribution in [0, 0.1) is 0 Å². The summed E-state index contributed by atoms with van der Waals surface area (Å²) >= 11 is 3.80. The SMILES string of the molecule is C[Te+]1CCCSCCSCCC1.[I-]. The molecule has 1 aliphatic heterocycles. The van der Waals surface area contributed by atoms with Gasteiger partial charge in [0.15, 0.2) is 0 Å². The van der Waals surface area contributed by atoms with E-state index in [1.807, 2.05) is 0 Å². The van der Waals surface area contributed by atoms with Crippen molar-refractivity contribution in [3.05, 3.63) is 0 Å². The maximum Gasteiger partial charge on any atom is -1.00 e. The minimum Gasteiger partial charge on any atom is -1.00 e. The first-order chi connectivity index (χ1) is 5.89. The van der Waals surface area contributed by atoms with Crippen molar-refractivity contribution in [3.8, 4) is 0 Å². The Hall–Kier alpha value is 2.22. The van der Waals surface area contributed by atoms with Crippen LogP contribution in [0.3, 0.4) is 0 Å². The summed E-state index contributed by atoms with van der Waals surface area (Å²) in [6, 6.07) is 0. The van der Waals surface area contributed by atoms with E-state index in [-0.39, 0.29) is 24.0 Å². The van der Waals surface area contributed by atoms with Gasteiger partial charge >= 0.3 is 92.8 Å². The van der Waals surface area contributed by atoms with E-state index in [2.05, 4.69) is 28.5 Å². The molecule has 0 nitrogen and oxygen atoms in total. The van der Waals surface area contributed by atoms with Gasteiger partial charge in [-0.1, -0.05) is 0 Å². The van der Waals surface area contributed by atoms with Gasteiger partial charge in [0, 0.05) is 0 Å². The molecular formula is C9H19IS2Te. The van der Waals surface area contributed by atoms with Gasteiger partial charge in [0.25, 0.3) is 0 Å². The van der Waals surface area contributed by atoms with Crippen LogP contribution in [0.25, 0.3) is 0 Å². The molecule has 1 aliphatic rings. The van der Waals surface area contributed by atoms with E-state index in [0.29, 0.717) is 0 Å². The Bertz CT molecular complexity index is 102. The molecule has 4 heteroatoms. The zero-order valence-electron chi connectivity index (χ0n) is 8.26. The van der Waals surface area contributed by atoms with Gasteiger partial charge in [0.1, 0.15) is 0 Å². The van der Waals surface area contributed by atoms with E-state index in [0.717, 1.165) is 0 Å². The van der Waals surface area contributed by atoms with Crippen molar-refractivity contribution >= 4 is 43.1 Å². The summed E-state index contributed by atoms with van der Waals surface area (Å²) in [5.74, 6) is 5.66. The first kappa shape index (κ1) is 15.2. The first-order valence-electron chi connectivity index (χ1n) is 4.64. The van der Waals surface area contributed by atoms with E-state index in [1.54, 1.807) is 8.94 Å². The molecule has 0 spiro atoms. The number of rotatable bonds is 0. The van der Waals surface area contributed by atoms with Crippen molar-refractivity contribution in [2.24, 2.45) is 0 Å². The van der Waals surface area contributed by atoms with Crippen LogP contribution in [0.15, 0.2) is 0 Å². The summed E-state index contributed by atoms with van der Waals surface area (Å²) in [6.07, 6.45) is 3.03. The molecule has 0 saturated carbocycles. The number of thioether (sulfide) groups is 2. The number of hydrogen-bond donors (Lipinski definition) is 0. The van der Waals surface area contributed by atoms with Crippen molar-refractivity contribution in [3.63, 3.8) is 0 Å². The van der Waals surface area contributed by atoms with E-state index < -0.39 is 19.6 Å². The van der Waals surface area contributed by atoms with E-state index in [4.69, 9.17) is 0 Å². The summed E-state index contributed by atoms with van der Waals surface area (Å²) < 4.78 is 3.25. The largest absolute Gasteiger partial charge is 1.00 e. The first-order valence-corrected chi connectivity index (χ1v) is 12.6. The average Bonchev–Trinajstić information content (AvgIpc) is 2.11. The Morgan fingerprint density at radius 1 is 0.846 bits per heavy atom. The van der Waals surface area contributed by atoms with Crippen LogP contribution in [-0.4, -0.2) is 42.6 Å². The van der Waals surface area contributed by atoms with Gasteiger partial charge in [-0.15, -0.1) is 0 Å². The third-order valence-corrected chi connectivity index (χ3v) is 9.96. The third-order valence-electron chi connectivity index (χ3n) is 1.93. The van der Waals surface area contributed by atoms with Crippen LogP contribution < -0.4 is 24.0 Å². The number of hydrogen-bond acceptors (Lipinski definition) is 2. The molecule has 0 atom stereocenters. The Labute approximate surface area is 115 Å². The van der Waals surface area contributed by atoms with Gasteiger partial charge in [0.05, 0.1) is 0 Å². The summed E-state index contributed by atoms with van der Waals surface area (Å²) in [5.41, 5.74) is 0. The van der Waals surface area contributed by atoms with Gasteiger partial charge in [-0.3, -0.25) is 0 Å². The Morgan fingerprint density at radius 2 is 1.31 bits per heavy atom. The summed E-state index contributed by atoms with van der Waals surface area (Å²) in [5, 5.41) is 0.